The minimum atomic E-state index is -0.177. The van der Waals surface area contributed by atoms with Gasteiger partial charge in [0.1, 0.15) is 5.82 Å². The number of nitrogens with one attached hydrogen (secondary N) is 1. The van der Waals surface area contributed by atoms with Gasteiger partial charge in [-0.25, -0.2) is 4.39 Å². The zero-order valence-electron chi connectivity index (χ0n) is 8.75. The van der Waals surface area contributed by atoms with Gasteiger partial charge >= 0.3 is 0 Å². The van der Waals surface area contributed by atoms with Crippen LogP contribution in [0.2, 0.25) is 5.02 Å². The van der Waals surface area contributed by atoms with Crippen molar-refractivity contribution >= 4 is 11.6 Å². The topological polar surface area (TPSA) is 12.0 Å². The van der Waals surface area contributed by atoms with Crippen LogP contribution in [0.4, 0.5) is 4.39 Å². The molecule has 1 N–H and O–H groups in total. The van der Waals surface area contributed by atoms with Gasteiger partial charge < -0.3 is 5.32 Å². The summed E-state index contributed by atoms with van der Waals surface area (Å²) < 4.78 is 13.6. The smallest absolute Gasteiger partial charge is 0.130 e. The van der Waals surface area contributed by atoms with Gasteiger partial charge in [0.2, 0.25) is 0 Å². The monoisotopic (exact) mass is 215 g/mol. The number of rotatable bonds is 3. The first-order valence-corrected chi connectivity index (χ1v) is 5.04. The second kappa shape index (κ2) is 4.76. The van der Waals surface area contributed by atoms with Gasteiger partial charge in [0, 0.05) is 10.6 Å². The van der Waals surface area contributed by atoms with Crippen LogP contribution in [0.25, 0.3) is 0 Å². The molecule has 0 amide bonds. The molecule has 0 unspecified atom stereocenters. The zero-order chi connectivity index (χ0) is 10.7. The van der Waals surface area contributed by atoms with Crippen molar-refractivity contribution < 1.29 is 4.39 Å². The summed E-state index contributed by atoms with van der Waals surface area (Å²) in [7, 11) is 1.88. The van der Waals surface area contributed by atoms with Crippen LogP contribution in [0.1, 0.15) is 16.7 Å². The van der Waals surface area contributed by atoms with Crippen molar-refractivity contribution in [3.05, 3.63) is 33.6 Å². The lowest BCUT2D eigenvalue weighted by Crippen LogP contribution is -2.11. The lowest BCUT2D eigenvalue weighted by molar-refractivity contribution is 0.605. The molecular formula is C11H15ClFN. The second-order valence-corrected chi connectivity index (χ2v) is 3.84. The van der Waals surface area contributed by atoms with Crippen molar-refractivity contribution in [2.24, 2.45) is 0 Å². The Balaban J connectivity index is 3.06. The van der Waals surface area contributed by atoms with Gasteiger partial charge in [0.05, 0.1) is 0 Å². The van der Waals surface area contributed by atoms with E-state index in [-0.39, 0.29) is 5.82 Å². The van der Waals surface area contributed by atoms with Crippen molar-refractivity contribution in [1.29, 1.82) is 0 Å². The minimum absolute atomic E-state index is 0.177. The average Bonchev–Trinajstić information content (AvgIpc) is 2.18. The van der Waals surface area contributed by atoms with Crippen molar-refractivity contribution in [2.75, 3.05) is 13.6 Å². The summed E-state index contributed by atoms with van der Waals surface area (Å²) in [4.78, 5) is 0. The Bertz CT molecular complexity index is 337. The summed E-state index contributed by atoms with van der Waals surface area (Å²) in [5.74, 6) is -0.177. The van der Waals surface area contributed by atoms with Crippen LogP contribution in [0.3, 0.4) is 0 Å². The summed E-state index contributed by atoms with van der Waals surface area (Å²) in [5, 5.41) is 3.54. The van der Waals surface area contributed by atoms with E-state index < -0.39 is 0 Å². The Hall–Kier alpha value is -0.600. The van der Waals surface area contributed by atoms with E-state index in [9.17, 15) is 4.39 Å². The molecule has 0 radical (unpaired) electrons. The fourth-order valence-electron chi connectivity index (χ4n) is 1.42. The van der Waals surface area contributed by atoms with E-state index in [4.69, 9.17) is 11.6 Å². The van der Waals surface area contributed by atoms with E-state index in [1.54, 1.807) is 13.8 Å². The molecule has 0 atom stereocenters. The highest BCUT2D eigenvalue weighted by Gasteiger charge is 2.10. The van der Waals surface area contributed by atoms with Gasteiger partial charge in [0.15, 0.2) is 0 Å². The van der Waals surface area contributed by atoms with Crippen LogP contribution < -0.4 is 5.32 Å². The van der Waals surface area contributed by atoms with E-state index in [0.29, 0.717) is 16.1 Å². The van der Waals surface area contributed by atoms with E-state index >= 15 is 0 Å². The first-order chi connectivity index (χ1) is 6.57. The number of halogens is 2. The van der Waals surface area contributed by atoms with Crippen LogP contribution in [0, 0.1) is 19.7 Å². The SMILES string of the molecule is CNCCc1cc(Cl)c(C)c(F)c1C. The zero-order valence-corrected chi connectivity index (χ0v) is 9.50. The first-order valence-electron chi connectivity index (χ1n) is 4.66. The summed E-state index contributed by atoms with van der Waals surface area (Å²) >= 11 is 5.91. The highest BCUT2D eigenvalue weighted by Crippen LogP contribution is 2.24. The normalized spacial score (nSPS) is 10.6. The molecule has 1 aromatic carbocycles. The molecule has 0 aliphatic rings. The standard InChI is InChI=1S/C11H15ClFN/c1-7-9(4-5-14-3)6-10(12)8(2)11(7)13/h6,14H,4-5H2,1-3H3. The van der Waals surface area contributed by atoms with Gasteiger partial charge in [-0.2, -0.15) is 0 Å². The number of benzene rings is 1. The third-order valence-electron chi connectivity index (χ3n) is 2.44. The Morgan fingerprint density at radius 3 is 2.57 bits per heavy atom. The molecule has 0 aromatic heterocycles. The van der Waals surface area contributed by atoms with Crippen molar-refractivity contribution in [1.82, 2.24) is 5.32 Å². The van der Waals surface area contributed by atoms with Crippen molar-refractivity contribution in [3.8, 4) is 0 Å². The molecule has 1 aromatic rings. The van der Waals surface area contributed by atoms with Gasteiger partial charge in [-0.05, 0) is 51.1 Å². The molecule has 0 bridgehead atoms. The van der Waals surface area contributed by atoms with Crippen LogP contribution >= 0.6 is 11.6 Å². The van der Waals surface area contributed by atoms with E-state index in [1.165, 1.54) is 0 Å². The highest BCUT2D eigenvalue weighted by atomic mass is 35.5. The Morgan fingerprint density at radius 2 is 2.00 bits per heavy atom. The fraction of sp³-hybridized carbons (Fsp3) is 0.455. The van der Waals surface area contributed by atoms with Crippen molar-refractivity contribution in [3.63, 3.8) is 0 Å². The summed E-state index contributed by atoms with van der Waals surface area (Å²) in [5.41, 5.74) is 2.23. The van der Waals surface area contributed by atoms with Gasteiger partial charge in [-0.1, -0.05) is 11.6 Å². The molecular weight excluding hydrogens is 201 g/mol. The van der Waals surface area contributed by atoms with Crippen LogP contribution in [0.15, 0.2) is 6.07 Å². The predicted molar refractivity (Wildman–Crippen MR) is 58.5 cm³/mol. The third-order valence-corrected chi connectivity index (χ3v) is 2.84. The lowest BCUT2D eigenvalue weighted by atomic mass is 10.0. The largest absolute Gasteiger partial charge is 0.319 e. The highest BCUT2D eigenvalue weighted by molar-refractivity contribution is 6.31. The molecule has 1 rings (SSSR count). The van der Waals surface area contributed by atoms with Gasteiger partial charge in [-0.3, -0.25) is 0 Å². The van der Waals surface area contributed by atoms with Crippen molar-refractivity contribution in [2.45, 2.75) is 20.3 Å². The minimum Gasteiger partial charge on any atom is -0.319 e. The molecule has 0 aliphatic heterocycles. The molecule has 14 heavy (non-hydrogen) atoms. The molecule has 0 saturated heterocycles. The third kappa shape index (κ3) is 2.25. The Kier molecular flexibility index (Phi) is 3.90. The van der Waals surface area contributed by atoms with Gasteiger partial charge in [-0.15, -0.1) is 0 Å². The molecule has 78 valence electrons. The van der Waals surface area contributed by atoms with E-state index in [2.05, 4.69) is 5.32 Å². The van der Waals surface area contributed by atoms with E-state index in [1.807, 2.05) is 13.1 Å². The van der Waals surface area contributed by atoms with Gasteiger partial charge in [0.25, 0.3) is 0 Å². The average molecular weight is 216 g/mol. The fourth-order valence-corrected chi connectivity index (χ4v) is 1.63. The maximum Gasteiger partial charge on any atom is 0.130 e. The number of likely N-dealkylation sites (N-methyl/N-ethyl adjacent to an activating group) is 1. The molecule has 0 spiro atoms. The Morgan fingerprint density at radius 1 is 1.36 bits per heavy atom. The summed E-state index contributed by atoms with van der Waals surface area (Å²) in [6.07, 6.45) is 0.805. The number of hydrogen-bond acceptors (Lipinski definition) is 1. The lowest BCUT2D eigenvalue weighted by Gasteiger charge is -2.10. The number of hydrogen-bond donors (Lipinski definition) is 1. The maximum absolute atomic E-state index is 13.6. The second-order valence-electron chi connectivity index (χ2n) is 3.44. The summed E-state index contributed by atoms with van der Waals surface area (Å²) in [6.45, 7) is 4.33. The molecule has 0 fully saturated rings. The first kappa shape index (κ1) is 11.5. The predicted octanol–water partition coefficient (Wildman–Crippen LogP) is 2.86. The Labute approximate surface area is 89.3 Å². The molecule has 0 aliphatic carbocycles. The van der Waals surface area contributed by atoms with Crippen LogP contribution in [-0.4, -0.2) is 13.6 Å². The maximum atomic E-state index is 13.6. The summed E-state index contributed by atoms with van der Waals surface area (Å²) in [6, 6.07) is 1.85. The van der Waals surface area contributed by atoms with Crippen LogP contribution in [-0.2, 0) is 6.42 Å². The molecule has 0 saturated carbocycles. The molecule has 3 heteroatoms. The van der Waals surface area contributed by atoms with E-state index in [0.717, 1.165) is 18.5 Å². The molecule has 0 heterocycles. The quantitative estimate of drug-likeness (QED) is 0.818. The van der Waals surface area contributed by atoms with Crippen LogP contribution in [0.5, 0.6) is 0 Å². The molecule has 1 nitrogen and oxygen atoms in total.